The largest absolute Gasteiger partial charge is 0.340 e. The minimum Gasteiger partial charge on any atom is -0.340 e. The van der Waals surface area contributed by atoms with Crippen molar-refractivity contribution in [2.24, 2.45) is 0 Å². The summed E-state index contributed by atoms with van der Waals surface area (Å²) in [7, 11) is 0. The van der Waals surface area contributed by atoms with Gasteiger partial charge in [0, 0.05) is 24.3 Å². The lowest BCUT2D eigenvalue weighted by Crippen LogP contribution is -2.31. The van der Waals surface area contributed by atoms with Gasteiger partial charge in [0.2, 0.25) is 5.91 Å². The number of aryl methyl sites for hydroxylation is 1. The van der Waals surface area contributed by atoms with E-state index >= 15 is 0 Å². The number of H-pyrrole nitrogens is 1. The molecular formula is C20H21N3O2S. The topological polar surface area (TPSA) is 66.1 Å². The van der Waals surface area contributed by atoms with Gasteiger partial charge in [0.05, 0.1) is 22.0 Å². The Morgan fingerprint density at radius 3 is 2.85 bits per heavy atom. The average Bonchev–Trinajstić information content (AvgIpc) is 3.36. The first kappa shape index (κ1) is 17.0. The summed E-state index contributed by atoms with van der Waals surface area (Å²) in [5.41, 5.74) is 1.91. The van der Waals surface area contributed by atoms with E-state index in [0.717, 1.165) is 46.0 Å². The molecule has 2 aromatic heterocycles. The summed E-state index contributed by atoms with van der Waals surface area (Å²) in [6.07, 6.45) is 2.39. The Labute approximate surface area is 156 Å². The first-order chi connectivity index (χ1) is 12.6. The molecule has 0 saturated carbocycles. The fourth-order valence-corrected chi connectivity index (χ4v) is 4.39. The number of ketones is 1. The summed E-state index contributed by atoms with van der Waals surface area (Å²) in [5.74, 6) is 0.933. The Morgan fingerprint density at radius 2 is 2.08 bits per heavy atom. The number of nitrogens with zero attached hydrogens (tertiary/aromatic N) is 2. The molecule has 1 aromatic carbocycles. The van der Waals surface area contributed by atoms with Gasteiger partial charge in [-0.3, -0.25) is 9.59 Å². The summed E-state index contributed by atoms with van der Waals surface area (Å²) in [6.45, 7) is 2.71. The molecule has 0 bridgehead atoms. The Morgan fingerprint density at radius 1 is 1.23 bits per heavy atom. The zero-order valence-electron chi connectivity index (χ0n) is 14.7. The quantitative estimate of drug-likeness (QED) is 0.685. The van der Waals surface area contributed by atoms with Crippen molar-refractivity contribution in [2.45, 2.75) is 38.6 Å². The predicted molar refractivity (Wildman–Crippen MR) is 102 cm³/mol. The number of nitrogens with one attached hydrogen (secondary N) is 1. The number of imidazole rings is 1. The van der Waals surface area contributed by atoms with Crippen LogP contribution in [0.25, 0.3) is 11.0 Å². The number of fused-ring (bicyclic) bond motifs is 1. The number of para-hydroxylation sites is 2. The van der Waals surface area contributed by atoms with Crippen LogP contribution < -0.4 is 0 Å². The van der Waals surface area contributed by atoms with E-state index in [-0.39, 0.29) is 30.6 Å². The standard InChI is InChI=1S/C20H21N3O2S/c1-13-8-10-18(26-13)17(24)9-11-19(25)23-12-4-7-16(23)20-21-14-5-2-3-6-15(14)22-20/h2-3,5-6,8,10,16H,4,7,9,11-12H2,1H3,(H,21,22)/t16-/m1/s1. The molecule has 0 unspecified atom stereocenters. The van der Waals surface area contributed by atoms with Crippen LogP contribution in [0.3, 0.4) is 0 Å². The fourth-order valence-electron chi connectivity index (χ4n) is 3.55. The van der Waals surface area contributed by atoms with Gasteiger partial charge in [0.1, 0.15) is 5.82 Å². The molecule has 3 aromatic rings. The first-order valence-corrected chi connectivity index (χ1v) is 9.77. The van der Waals surface area contributed by atoms with Crippen LogP contribution in [0.15, 0.2) is 36.4 Å². The Bertz CT molecular complexity index is 926. The number of benzene rings is 1. The molecule has 1 fully saturated rings. The highest BCUT2D eigenvalue weighted by Gasteiger charge is 2.32. The number of aromatic nitrogens is 2. The van der Waals surface area contributed by atoms with Crippen LogP contribution in [-0.4, -0.2) is 33.1 Å². The third-order valence-corrected chi connectivity index (χ3v) is 5.92. The predicted octanol–water partition coefficient (Wildman–Crippen LogP) is 4.26. The number of carbonyl (C=O) groups is 2. The van der Waals surface area contributed by atoms with Crippen molar-refractivity contribution in [3.63, 3.8) is 0 Å². The third kappa shape index (κ3) is 3.29. The van der Waals surface area contributed by atoms with E-state index in [2.05, 4.69) is 9.97 Å². The van der Waals surface area contributed by atoms with Gasteiger partial charge in [-0.15, -0.1) is 11.3 Å². The van der Waals surface area contributed by atoms with Gasteiger partial charge >= 0.3 is 0 Å². The second-order valence-electron chi connectivity index (χ2n) is 6.72. The molecule has 0 spiro atoms. The number of thiophene rings is 1. The SMILES string of the molecule is Cc1ccc(C(=O)CCC(=O)N2CCC[C@@H]2c2nc3ccccc3[nH]2)s1. The van der Waals surface area contributed by atoms with Gasteiger partial charge < -0.3 is 9.88 Å². The number of hydrogen-bond donors (Lipinski definition) is 1. The first-order valence-electron chi connectivity index (χ1n) is 8.95. The molecule has 5 nitrogen and oxygen atoms in total. The maximum Gasteiger partial charge on any atom is 0.223 e. The Hall–Kier alpha value is -2.47. The molecular weight excluding hydrogens is 346 g/mol. The molecule has 26 heavy (non-hydrogen) atoms. The van der Waals surface area contributed by atoms with Crippen LogP contribution in [0.5, 0.6) is 0 Å². The van der Waals surface area contributed by atoms with E-state index in [1.54, 1.807) is 0 Å². The number of amides is 1. The molecule has 3 heterocycles. The van der Waals surface area contributed by atoms with E-state index in [1.807, 2.05) is 48.2 Å². The van der Waals surface area contributed by atoms with Gasteiger partial charge in [-0.25, -0.2) is 4.98 Å². The fraction of sp³-hybridized carbons (Fsp3) is 0.350. The zero-order chi connectivity index (χ0) is 18.1. The smallest absolute Gasteiger partial charge is 0.223 e. The molecule has 6 heteroatoms. The molecule has 1 aliphatic rings. The lowest BCUT2D eigenvalue weighted by Gasteiger charge is -2.23. The summed E-state index contributed by atoms with van der Waals surface area (Å²) in [5, 5.41) is 0. The van der Waals surface area contributed by atoms with Gasteiger partial charge in [-0.05, 0) is 44.0 Å². The molecule has 1 amide bonds. The van der Waals surface area contributed by atoms with Crippen molar-refractivity contribution in [3.8, 4) is 0 Å². The van der Waals surface area contributed by atoms with Crippen LogP contribution in [-0.2, 0) is 4.79 Å². The highest BCUT2D eigenvalue weighted by Crippen LogP contribution is 2.32. The highest BCUT2D eigenvalue weighted by atomic mass is 32.1. The van der Waals surface area contributed by atoms with Crippen molar-refractivity contribution in [1.82, 2.24) is 14.9 Å². The molecule has 0 radical (unpaired) electrons. The Balaban J connectivity index is 1.44. The van der Waals surface area contributed by atoms with E-state index in [1.165, 1.54) is 11.3 Å². The molecule has 1 atom stereocenters. The number of hydrogen-bond acceptors (Lipinski definition) is 4. The number of Topliss-reactive ketones (excluding diaryl/α,β-unsaturated/α-hetero) is 1. The van der Waals surface area contributed by atoms with E-state index < -0.39 is 0 Å². The highest BCUT2D eigenvalue weighted by molar-refractivity contribution is 7.14. The molecule has 1 saturated heterocycles. The van der Waals surface area contributed by atoms with Crippen LogP contribution in [0, 0.1) is 6.92 Å². The maximum atomic E-state index is 12.7. The summed E-state index contributed by atoms with van der Waals surface area (Å²) < 4.78 is 0. The van der Waals surface area contributed by atoms with Crippen LogP contribution in [0.1, 0.15) is 52.1 Å². The molecule has 134 valence electrons. The monoisotopic (exact) mass is 367 g/mol. The molecule has 1 aliphatic heterocycles. The van der Waals surface area contributed by atoms with E-state index in [4.69, 9.17) is 0 Å². The maximum absolute atomic E-state index is 12.7. The summed E-state index contributed by atoms with van der Waals surface area (Å²) in [6, 6.07) is 11.7. The second kappa shape index (κ2) is 7.03. The number of rotatable bonds is 5. The minimum atomic E-state index is -0.0195. The van der Waals surface area contributed by atoms with Gasteiger partial charge in [-0.2, -0.15) is 0 Å². The van der Waals surface area contributed by atoms with Gasteiger partial charge in [0.25, 0.3) is 0 Å². The van der Waals surface area contributed by atoms with Crippen LogP contribution in [0.2, 0.25) is 0 Å². The number of likely N-dealkylation sites (tertiary alicyclic amines) is 1. The van der Waals surface area contributed by atoms with Crippen molar-refractivity contribution in [1.29, 1.82) is 0 Å². The van der Waals surface area contributed by atoms with Crippen molar-refractivity contribution >= 4 is 34.1 Å². The second-order valence-corrected chi connectivity index (χ2v) is 8.01. The van der Waals surface area contributed by atoms with E-state index in [0.29, 0.717) is 0 Å². The molecule has 0 aliphatic carbocycles. The van der Waals surface area contributed by atoms with Crippen molar-refractivity contribution in [2.75, 3.05) is 6.54 Å². The lowest BCUT2D eigenvalue weighted by molar-refractivity contribution is -0.132. The average molecular weight is 367 g/mol. The zero-order valence-corrected chi connectivity index (χ0v) is 15.5. The van der Waals surface area contributed by atoms with Crippen molar-refractivity contribution < 1.29 is 9.59 Å². The van der Waals surface area contributed by atoms with Gasteiger partial charge in [0.15, 0.2) is 5.78 Å². The molecule has 1 N–H and O–H groups in total. The van der Waals surface area contributed by atoms with Crippen molar-refractivity contribution in [3.05, 3.63) is 52.0 Å². The lowest BCUT2D eigenvalue weighted by atomic mass is 10.1. The molecule has 4 rings (SSSR count). The summed E-state index contributed by atoms with van der Waals surface area (Å²) >= 11 is 1.49. The third-order valence-electron chi connectivity index (χ3n) is 4.88. The van der Waals surface area contributed by atoms with E-state index in [9.17, 15) is 9.59 Å². The van der Waals surface area contributed by atoms with Gasteiger partial charge in [-0.1, -0.05) is 12.1 Å². The Kier molecular flexibility index (Phi) is 4.59. The number of aromatic amines is 1. The van der Waals surface area contributed by atoms with Crippen LogP contribution >= 0.6 is 11.3 Å². The summed E-state index contributed by atoms with van der Waals surface area (Å²) in [4.78, 5) is 36.7. The minimum absolute atomic E-state index is 0.0195. The van der Waals surface area contributed by atoms with Crippen LogP contribution in [0.4, 0.5) is 0 Å². The number of carbonyl (C=O) groups excluding carboxylic acids is 2. The normalized spacial score (nSPS) is 17.1.